The SMILES string of the molecule is CCOC(=O)CC1CCN(c2ccc(N3CCOc4nc(SC)nc(N)c4C3=O)cn2)CC1. The smallest absolute Gasteiger partial charge is 0.306 e. The maximum atomic E-state index is 13.2. The zero-order valence-corrected chi connectivity index (χ0v) is 19.6. The number of ether oxygens (including phenoxy) is 2. The van der Waals surface area contributed by atoms with Crippen LogP contribution in [0.3, 0.4) is 0 Å². The second-order valence-electron chi connectivity index (χ2n) is 7.90. The van der Waals surface area contributed by atoms with Crippen LogP contribution in [0.5, 0.6) is 5.88 Å². The topological polar surface area (TPSA) is 124 Å². The van der Waals surface area contributed by atoms with Gasteiger partial charge in [0.05, 0.1) is 25.0 Å². The second kappa shape index (κ2) is 10.2. The van der Waals surface area contributed by atoms with Crippen LogP contribution >= 0.6 is 11.8 Å². The Labute approximate surface area is 196 Å². The molecule has 4 rings (SSSR count). The molecule has 2 aliphatic heterocycles. The van der Waals surface area contributed by atoms with E-state index in [0.29, 0.717) is 42.9 Å². The van der Waals surface area contributed by atoms with Gasteiger partial charge in [0.15, 0.2) is 5.16 Å². The maximum absolute atomic E-state index is 13.2. The van der Waals surface area contributed by atoms with Gasteiger partial charge >= 0.3 is 5.97 Å². The van der Waals surface area contributed by atoms with Crippen LogP contribution in [0.2, 0.25) is 0 Å². The number of piperidine rings is 1. The van der Waals surface area contributed by atoms with Gasteiger partial charge in [-0.25, -0.2) is 9.97 Å². The number of hydrogen-bond acceptors (Lipinski definition) is 10. The van der Waals surface area contributed by atoms with Crippen molar-refractivity contribution in [2.24, 2.45) is 5.92 Å². The molecular formula is C22H28N6O4S. The van der Waals surface area contributed by atoms with E-state index in [-0.39, 0.29) is 29.1 Å². The van der Waals surface area contributed by atoms with Crippen LogP contribution in [0, 0.1) is 5.92 Å². The van der Waals surface area contributed by atoms with Crippen molar-refractivity contribution in [3.8, 4) is 5.88 Å². The molecule has 0 unspecified atom stereocenters. The van der Waals surface area contributed by atoms with Crippen molar-refractivity contribution in [1.29, 1.82) is 0 Å². The van der Waals surface area contributed by atoms with Gasteiger partial charge in [0.1, 0.15) is 23.8 Å². The number of rotatable bonds is 6. The van der Waals surface area contributed by atoms with Crippen LogP contribution in [-0.4, -0.2) is 65.9 Å². The van der Waals surface area contributed by atoms with E-state index in [4.69, 9.17) is 15.2 Å². The minimum Gasteiger partial charge on any atom is -0.475 e. The molecule has 2 N–H and O–H groups in total. The summed E-state index contributed by atoms with van der Waals surface area (Å²) in [5.74, 6) is 1.09. The summed E-state index contributed by atoms with van der Waals surface area (Å²) >= 11 is 1.34. The molecule has 33 heavy (non-hydrogen) atoms. The molecule has 0 spiro atoms. The summed E-state index contributed by atoms with van der Waals surface area (Å²) in [6, 6.07) is 3.79. The first-order valence-corrected chi connectivity index (χ1v) is 12.3. The van der Waals surface area contributed by atoms with Crippen LogP contribution < -0.4 is 20.3 Å². The highest BCUT2D eigenvalue weighted by atomic mass is 32.2. The van der Waals surface area contributed by atoms with Crippen molar-refractivity contribution in [3.63, 3.8) is 0 Å². The number of amides is 1. The van der Waals surface area contributed by atoms with E-state index in [1.807, 2.05) is 25.3 Å². The third-order valence-electron chi connectivity index (χ3n) is 5.82. The standard InChI is InChI=1S/C22H28N6O4S/c1-3-31-17(29)12-14-6-8-27(9-7-14)16-5-4-15(13-24-16)28-10-11-32-20-18(21(28)30)19(23)25-22(26-20)33-2/h4-5,13-14H,3,6-12H2,1-2H3,(H2,23,25,26). The van der Waals surface area contributed by atoms with Gasteiger partial charge in [-0.2, -0.15) is 4.98 Å². The lowest BCUT2D eigenvalue weighted by atomic mass is 9.93. The first-order chi connectivity index (χ1) is 16.0. The third kappa shape index (κ3) is 5.13. The van der Waals surface area contributed by atoms with Gasteiger partial charge in [-0.1, -0.05) is 11.8 Å². The number of carbonyl (C=O) groups excluding carboxylic acids is 2. The lowest BCUT2D eigenvalue weighted by Gasteiger charge is -2.32. The number of hydrogen-bond donors (Lipinski definition) is 1. The minimum absolute atomic E-state index is 0.108. The molecule has 11 heteroatoms. The van der Waals surface area contributed by atoms with Crippen molar-refractivity contribution in [3.05, 3.63) is 23.9 Å². The highest BCUT2D eigenvalue weighted by molar-refractivity contribution is 7.98. The summed E-state index contributed by atoms with van der Waals surface area (Å²) in [6.45, 7) is 4.54. The second-order valence-corrected chi connectivity index (χ2v) is 8.67. The monoisotopic (exact) mass is 472 g/mol. The van der Waals surface area contributed by atoms with E-state index in [2.05, 4.69) is 19.9 Å². The van der Waals surface area contributed by atoms with Gasteiger partial charge < -0.3 is 25.0 Å². The minimum atomic E-state index is -0.304. The zero-order valence-electron chi connectivity index (χ0n) is 18.8. The number of pyridine rings is 1. The zero-order chi connectivity index (χ0) is 23.4. The number of carbonyl (C=O) groups is 2. The fourth-order valence-corrected chi connectivity index (χ4v) is 4.46. The summed E-state index contributed by atoms with van der Waals surface area (Å²) < 4.78 is 10.8. The van der Waals surface area contributed by atoms with Gasteiger partial charge in [0.2, 0.25) is 5.88 Å². The predicted molar refractivity (Wildman–Crippen MR) is 126 cm³/mol. The van der Waals surface area contributed by atoms with Gasteiger partial charge in [-0.3, -0.25) is 9.59 Å². The van der Waals surface area contributed by atoms with Crippen LogP contribution in [0.25, 0.3) is 0 Å². The number of nitrogens with zero attached hydrogens (tertiary/aromatic N) is 5. The molecule has 0 radical (unpaired) electrons. The summed E-state index contributed by atoms with van der Waals surface area (Å²) in [5, 5.41) is 0.463. The van der Waals surface area contributed by atoms with E-state index in [1.54, 1.807) is 11.1 Å². The Balaban J connectivity index is 1.43. The number of esters is 1. The molecule has 1 fully saturated rings. The molecule has 1 saturated heterocycles. The molecule has 2 aliphatic rings. The first-order valence-electron chi connectivity index (χ1n) is 11.0. The van der Waals surface area contributed by atoms with Crippen LogP contribution in [0.4, 0.5) is 17.3 Å². The molecule has 2 aromatic rings. The molecule has 0 aliphatic carbocycles. The summed E-state index contributed by atoms with van der Waals surface area (Å²) in [6.07, 6.45) is 5.83. The number of fused-ring (bicyclic) bond motifs is 1. The first kappa shape index (κ1) is 23.1. The fraction of sp³-hybridized carbons (Fsp3) is 0.500. The third-order valence-corrected chi connectivity index (χ3v) is 6.37. The van der Waals surface area contributed by atoms with Gasteiger partial charge in [0.25, 0.3) is 5.91 Å². The van der Waals surface area contributed by atoms with Crippen LogP contribution in [0.1, 0.15) is 36.5 Å². The van der Waals surface area contributed by atoms with Gasteiger partial charge in [0, 0.05) is 19.5 Å². The quantitative estimate of drug-likeness (QED) is 0.381. The summed E-state index contributed by atoms with van der Waals surface area (Å²) in [5.41, 5.74) is 6.89. The Kier molecular flexibility index (Phi) is 7.17. The lowest BCUT2D eigenvalue weighted by Crippen LogP contribution is -2.35. The van der Waals surface area contributed by atoms with Crippen LogP contribution in [0.15, 0.2) is 23.5 Å². The Hall–Kier alpha value is -3.08. The Bertz CT molecular complexity index is 1010. The van der Waals surface area contributed by atoms with Crippen LogP contribution in [-0.2, 0) is 9.53 Å². The van der Waals surface area contributed by atoms with Crippen molar-refractivity contribution in [2.75, 3.05) is 54.6 Å². The normalized spacial score (nSPS) is 16.7. The van der Waals surface area contributed by atoms with Crippen molar-refractivity contribution in [2.45, 2.75) is 31.3 Å². The van der Waals surface area contributed by atoms with Crippen molar-refractivity contribution < 1.29 is 19.1 Å². The number of nitrogens with two attached hydrogens (primary N) is 1. The molecule has 0 aromatic carbocycles. The number of thioether (sulfide) groups is 1. The molecule has 1 amide bonds. The van der Waals surface area contributed by atoms with Gasteiger partial charge in [-0.15, -0.1) is 0 Å². The average Bonchev–Trinajstić information content (AvgIpc) is 2.98. The lowest BCUT2D eigenvalue weighted by molar-refractivity contribution is -0.144. The highest BCUT2D eigenvalue weighted by Gasteiger charge is 2.30. The van der Waals surface area contributed by atoms with Gasteiger partial charge in [-0.05, 0) is 44.1 Å². The van der Waals surface area contributed by atoms with Crippen molar-refractivity contribution in [1.82, 2.24) is 15.0 Å². The summed E-state index contributed by atoms with van der Waals surface area (Å²) in [4.78, 5) is 41.8. The molecule has 176 valence electrons. The Morgan fingerprint density at radius 1 is 1.27 bits per heavy atom. The molecule has 0 saturated carbocycles. The van der Waals surface area contributed by atoms with E-state index < -0.39 is 0 Å². The molecular weight excluding hydrogens is 444 g/mol. The number of anilines is 3. The average molecular weight is 473 g/mol. The largest absolute Gasteiger partial charge is 0.475 e. The fourth-order valence-electron chi connectivity index (χ4n) is 4.10. The van der Waals surface area contributed by atoms with E-state index in [0.717, 1.165) is 31.7 Å². The predicted octanol–water partition coefficient (Wildman–Crippen LogP) is 2.38. The molecule has 4 heterocycles. The maximum Gasteiger partial charge on any atom is 0.306 e. The molecule has 2 aromatic heterocycles. The number of nitrogen functional groups attached to an aromatic ring is 1. The molecule has 0 bridgehead atoms. The summed E-state index contributed by atoms with van der Waals surface area (Å²) in [7, 11) is 0. The van der Waals surface area contributed by atoms with Crippen molar-refractivity contribution >= 4 is 41.0 Å². The van der Waals surface area contributed by atoms with E-state index in [9.17, 15) is 9.59 Å². The highest BCUT2D eigenvalue weighted by Crippen LogP contribution is 2.31. The van der Waals surface area contributed by atoms with E-state index >= 15 is 0 Å². The van der Waals surface area contributed by atoms with E-state index in [1.165, 1.54) is 11.8 Å². The Morgan fingerprint density at radius 2 is 2.06 bits per heavy atom. The number of aromatic nitrogens is 3. The molecule has 0 atom stereocenters. The molecule has 10 nitrogen and oxygen atoms in total. The Morgan fingerprint density at radius 3 is 2.73 bits per heavy atom.